The van der Waals surface area contributed by atoms with Crippen LogP contribution in [0.4, 0.5) is 10.1 Å². The first-order valence-corrected chi connectivity index (χ1v) is 6.92. The Morgan fingerprint density at radius 1 is 1.35 bits per heavy atom. The van der Waals surface area contributed by atoms with Crippen LogP contribution in [-0.2, 0) is 7.05 Å². The maximum absolute atomic E-state index is 12.8. The van der Waals surface area contributed by atoms with E-state index in [1.165, 1.54) is 46.8 Å². The van der Waals surface area contributed by atoms with E-state index in [0.717, 1.165) is 0 Å². The second kappa shape index (κ2) is 5.87. The van der Waals surface area contributed by atoms with Crippen LogP contribution in [0, 0.1) is 5.82 Å². The zero-order valence-electron chi connectivity index (χ0n) is 10.9. The molecule has 0 aliphatic heterocycles. The summed E-state index contributed by atoms with van der Waals surface area (Å²) < 4.78 is 14.1. The van der Waals surface area contributed by atoms with Crippen molar-refractivity contribution >= 4 is 23.4 Å². The molecule has 20 heavy (non-hydrogen) atoms. The number of thioether (sulfide) groups is 1. The average Bonchev–Trinajstić information content (AvgIpc) is 2.44. The number of nitrogens with one attached hydrogen (secondary N) is 1. The molecule has 0 saturated heterocycles. The van der Waals surface area contributed by atoms with Crippen LogP contribution < -0.4 is 10.9 Å². The molecule has 1 aromatic heterocycles. The monoisotopic (exact) mass is 293 g/mol. The molecular formula is C13H12FN3O2S. The van der Waals surface area contributed by atoms with Gasteiger partial charge in [0.2, 0.25) is 0 Å². The van der Waals surface area contributed by atoms with Crippen LogP contribution in [0.25, 0.3) is 0 Å². The van der Waals surface area contributed by atoms with E-state index in [2.05, 4.69) is 10.3 Å². The van der Waals surface area contributed by atoms with Crippen molar-refractivity contribution in [3.63, 3.8) is 0 Å². The molecule has 0 unspecified atom stereocenters. The molecule has 0 spiro atoms. The van der Waals surface area contributed by atoms with E-state index in [-0.39, 0.29) is 5.56 Å². The van der Waals surface area contributed by atoms with E-state index in [0.29, 0.717) is 10.8 Å². The molecule has 2 aromatic rings. The second-order valence-corrected chi connectivity index (χ2v) is 4.76. The normalized spacial score (nSPS) is 10.3. The highest BCUT2D eigenvalue weighted by atomic mass is 32.2. The molecule has 0 aliphatic rings. The summed E-state index contributed by atoms with van der Waals surface area (Å²) in [6.07, 6.45) is 3.03. The maximum atomic E-state index is 12.8. The molecule has 104 valence electrons. The Balaban J connectivity index is 2.28. The summed E-state index contributed by atoms with van der Waals surface area (Å²) in [5.74, 6) is -0.970. The number of benzene rings is 1. The summed E-state index contributed by atoms with van der Waals surface area (Å²) in [5, 5.41) is 3.05. The number of anilines is 1. The van der Waals surface area contributed by atoms with Gasteiger partial charge in [0.1, 0.15) is 11.4 Å². The minimum Gasteiger partial charge on any atom is -0.322 e. The van der Waals surface area contributed by atoms with Gasteiger partial charge in [0.15, 0.2) is 5.16 Å². The highest BCUT2D eigenvalue weighted by Crippen LogP contribution is 2.11. The number of hydrogen-bond acceptors (Lipinski definition) is 4. The quantitative estimate of drug-likeness (QED) is 0.693. The number of rotatable bonds is 3. The molecule has 1 aromatic carbocycles. The highest BCUT2D eigenvalue weighted by Gasteiger charge is 2.14. The number of nitrogens with zero attached hydrogens (tertiary/aromatic N) is 2. The molecule has 2 rings (SSSR count). The van der Waals surface area contributed by atoms with E-state index < -0.39 is 17.3 Å². The minimum absolute atomic E-state index is 0.0605. The van der Waals surface area contributed by atoms with Gasteiger partial charge in [-0.25, -0.2) is 9.37 Å². The van der Waals surface area contributed by atoms with E-state index in [1.54, 1.807) is 13.3 Å². The van der Waals surface area contributed by atoms with Gasteiger partial charge in [-0.15, -0.1) is 0 Å². The van der Waals surface area contributed by atoms with Gasteiger partial charge in [-0.05, 0) is 30.5 Å². The van der Waals surface area contributed by atoms with Crippen LogP contribution in [0.1, 0.15) is 10.4 Å². The molecule has 0 atom stereocenters. The van der Waals surface area contributed by atoms with Gasteiger partial charge in [0, 0.05) is 18.9 Å². The number of aromatic nitrogens is 2. The molecule has 1 heterocycles. The van der Waals surface area contributed by atoms with Gasteiger partial charge in [-0.3, -0.25) is 14.2 Å². The lowest BCUT2D eigenvalue weighted by Gasteiger charge is -2.08. The Morgan fingerprint density at radius 2 is 2.00 bits per heavy atom. The molecule has 0 fully saturated rings. The Labute approximate surface area is 118 Å². The van der Waals surface area contributed by atoms with Crippen molar-refractivity contribution in [1.82, 2.24) is 9.55 Å². The van der Waals surface area contributed by atoms with Crippen LogP contribution in [-0.4, -0.2) is 21.7 Å². The van der Waals surface area contributed by atoms with Crippen molar-refractivity contribution in [3.8, 4) is 0 Å². The van der Waals surface area contributed by atoms with Crippen molar-refractivity contribution in [1.29, 1.82) is 0 Å². The van der Waals surface area contributed by atoms with Crippen molar-refractivity contribution < 1.29 is 9.18 Å². The Morgan fingerprint density at radius 3 is 2.60 bits per heavy atom. The third-order valence-corrected chi connectivity index (χ3v) is 3.40. The topological polar surface area (TPSA) is 64.0 Å². The van der Waals surface area contributed by atoms with Gasteiger partial charge in [0.05, 0.1) is 0 Å². The number of carbonyl (C=O) groups is 1. The summed E-state index contributed by atoms with van der Waals surface area (Å²) >= 11 is 1.31. The predicted molar refractivity (Wildman–Crippen MR) is 75.6 cm³/mol. The van der Waals surface area contributed by atoms with Gasteiger partial charge in [-0.2, -0.15) is 0 Å². The average molecular weight is 293 g/mol. The van der Waals surface area contributed by atoms with Gasteiger partial charge >= 0.3 is 0 Å². The Hall–Kier alpha value is -2.15. The molecule has 7 heteroatoms. The second-order valence-electron chi connectivity index (χ2n) is 3.98. The third-order valence-electron chi connectivity index (χ3n) is 2.66. The summed E-state index contributed by atoms with van der Waals surface area (Å²) in [6, 6.07) is 5.29. The highest BCUT2D eigenvalue weighted by molar-refractivity contribution is 7.98. The number of hydrogen-bond donors (Lipinski definition) is 1. The summed E-state index contributed by atoms with van der Waals surface area (Å²) in [5.41, 5.74) is -0.0778. The van der Waals surface area contributed by atoms with Crippen molar-refractivity contribution in [2.24, 2.45) is 7.05 Å². The molecular weight excluding hydrogens is 281 g/mol. The first-order chi connectivity index (χ1) is 9.52. The van der Waals surface area contributed by atoms with Gasteiger partial charge in [-0.1, -0.05) is 11.8 Å². The van der Waals surface area contributed by atoms with Crippen molar-refractivity contribution in [2.75, 3.05) is 11.6 Å². The summed E-state index contributed by atoms with van der Waals surface area (Å²) in [4.78, 5) is 28.1. The zero-order valence-corrected chi connectivity index (χ0v) is 11.7. The smallest absolute Gasteiger partial charge is 0.266 e. The fourth-order valence-corrected chi connectivity index (χ4v) is 2.12. The summed E-state index contributed by atoms with van der Waals surface area (Å²) in [6.45, 7) is 0. The Bertz CT molecular complexity index is 698. The number of amides is 1. The fraction of sp³-hybridized carbons (Fsp3) is 0.154. The number of halogens is 1. The molecule has 0 bridgehead atoms. The fourth-order valence-electron chi connectivity index (χ4n) is 1.61. The lowest BCUT2D eigenvalue weighted by atomic mass is 10.2. The molecule has 1 N–H and O–H groups in total. The van der Waals surface area contributed by atoms with E-state index >= 15 is 0 Å². The zero-order chi connectivity index (χ0) is 14.7. The SMILES string of the molecule is CSc1ncc(C(=O)Nc2ccc(F)cc2)c(=O)n1C. The van der Waals surface area contributed by atoms with Gasteiger partial charge in [0.25, 0.3) is 11.5 Å². The largest absolute Gasteiger partial charge is 0.322 e. The molecule has 1 amide bonds. The molecule has 0 radical (unpaired) electrons. The van der Waals surface area contributed by atoms with E-state index in [9.17, 15) is 14.0 Å². The molecule has 0 aliphatic carbocycles. The molecule has 5 nitrogen and oxygen atoms in total. The predicted octanol–water partition coefficient (Wildman–Crippen LogP) is 1.89. The summed E-state index contributed by atoms with van der Waals surface area (Å²) in [7, 11) is 1.55. The molecule has 0 saturated carbocycles. The Kier molecular flexibility index (Phi) is 4.19. The van der Waals surface area contributed by atoms with E-state index in [1.807, 2.05) is 0 Å². The van der Waals surface area contributed by atoms with Crippen LogP contribution in [0.15, 0.2) is 40.4 Å². The third kappa shape index (κ3) is 2.88. The first-order valence-electron chi connectivity index (χ1n) is 5.70. The van der Waals surface area contributed by atoms with Gasteiger partial charge < -0.3 is 5.32 Å². The lowest BCUT2D eigenvalue weighted by molar-refractivity contribution is 0.102. The van der Waals surface area contributed by atoms with E-state index in [4.69, 9.17) is 0 Å². The van der Waals surface area contributed by atoms with Crippen molar-refractivity contribution in [3.05, 3.63) is 52.2 Å². The lowest BCUT2D eigenvalue weighted by Crippen LogP contribution is -2.29. The first kappa shape index (κ1) is 14.3. The van der Waals surface area contributed by atoms with Crippen molar-refractivity contribution in [2.45, 2.75) is 5.16 Å². The van der Waals surface area contributed by atoms with Crippen LogP contribution in [0.3, 0.4) is 0 Å². The van der Waals surface area contributed by atoms with Crippen LogP contribution in [0.2, 0.25) is 0 Å². The van der Waals surface area contributed by atoms with Crippen LogP contribution in [0.5, 0.6) is 0 Å². The minimum atomic E-state index is -0.572. The maximum Gasteiger partial charge on any atom is 0.266 e. The standard InChI is InChI=1S/C13H12FN3O2S/c1-17-12(19)10(7-15-13(17)20-2)11(18)16-9-5-3-8(14)4-6-9/h3-7H,1-2H3,(H,16,18). The number of carbonyl (C=O) groups excluding carboxylic acids is 1. The van der Waals surface area contributed by atoms with Crippen LogP contribution >= 0.6 is 11.8 Å².